The van der Waals surface area contributed by atoms with Crippen LogP contribution in [-0.4, -0.2) is 67.2 Å². The number of rotatable bonds is 10. The first-order valence-corrected chi connectivity index (χ1v) is 16.9. The second-order valence-corrected chi connectivity index (χ2v) is 13.1. The van der Waals surface area contributed by atoms with Crippen LogP contribution in [0.2, 0.25) is 0 Å². The van der Waals surface area contributed by atoms with Gasteiger partial charge < -0.3 is 29.4 Å². The van der Waals surface area contributed by atoms with Crippen molar-refractivity contribution in [3.63, 3.8) is 0 Å². The average molecular weight is 696 g/mol. The first kappa shape index (κ1) is 34.6. The number of nitrogens with one attached hydrogen (secondary N) is 1. The van der Waals surface area contributed by atoms with Gasteiger partial charge in [0.15, 0.2) is 11.4 Å². The van der Waals surface area contributed by atoms with E-state index in [4.69, 9.17) is 9.47 Å². The largest absolute Gasteiger partial charge is 0.471 e. The number of thioether (sulfide) groups is 1. The van der Waals surface area contributed by atoms with Gasteiger partial charge >= 0.3 is 12.1 Å². The van der Waals surface area contributed by atoms with Gasteiger partial charge in [-0.3, -0.25) is 9.59 Å². The number of benzene rings is 3. The first-order valence-electron chi connectivity index (χ1n) is 15.9. The molecule has 4 aromatic rings. The van der Waals surface area contributed by atoms with Crippen molar-refractivity contribution >= 4 is 23.6 Å². The SMILES string of the molecule is Cn1cnnc1SC[C@H]1C[C@@H](c2ccc(CO)cc2)O[C@@H](c2ccc(-c3cccc(CNC(=O)[C@@H]4CCCN4C(=O)C(F)(F)F)c3)cc2)O1. The molecule has 2 N–H and O–H groups in total. The Hall–Kier alpha value is -4.24. The van der Waals surface area contributed by atoms with Gasteiger partial charge in [-0.1, -0.05) is 78.5 Å². The highest BCUT2D eigenvalue weighted by atomic mass is 32.2. The number of halogens is 3. The minimum atomic E-state index is -5.02. The fourth-order valence-electron chi connectivity index (χ4n) is 6.04. The number of alkyl halides is 3. The van der Waals surface area contributed by atoms with E-state index in [9.17, 15) is 27.9 Å². The fraction of sp³-hybridized carbons (Fsp3) is 0.371. The molecule has 14 heteroatoms. The second kappa shape index (κ2) is 15.1. The van der Waals surface area contributed by atoms with E-state index in [-0.39, 0.29) is 38.3 Å². The minimum Gasteiger partial charge on any atom is -0.392 e. The Morgan fingerprint density at radius 3 is 2.45 bits per heavy atom. The van der Waals surface area contributed by atoms with Crippen LogP contribution in [0.1, 0.15) is 53.9 Å². The van der Waals surface area contributed by atoms with Crippen LogP contribution >= 0.6 is 11.8 Å². The number of aromatic nitrogens is 3. The topological polar surface area (TPSA) is 119 Å². The van der Waals surface area contributed by atoms with Crippen molar-refractivity contribution in [2.24, 2.45) is 7.05 Å². The van der Waals surface area contributed by atoms with E-state index in [1.165, 1.54) is 0 Å². The van der Waals surface area contributed by atoms with Crippen LogP contribution in [0.15, 0.2) is 84.3 Å². The summed E-state index contributed by atoms with van der Waals surface area (Å²) in [6.07, 6.45) is -3.20. The summed E-state index contributed by atoms with van der Waals surface area (Å²) in [5.74, 6) is -1.94. The van der Waals surface area contributed by atoms with Crippen molar-refractivity contribution in [2.45, 2.75) is 68.3 Å². The predicted molar refractivity (Wildman–Crippen MR) is 175 cm³/mol. The maximum Gasteiger partial charge on any atom is 0.471 e. The number of ether oxygens (including phenoxy) is 2. The monoisotopic (exact) mass is 695 g/mol. The lowest BCUT2D eigenvalue weighted by Gasteiger charge is -2.36. The molecule has 0 radical (unpaired) electrons. The number of nitrogens with zero attached hydrogens (tertiary/aromatic N) is 4. The summed E-state index contributed by atoms with van der Waals surface area (Å²) in [4.78, 5) is 25.2. The molecule has 2 saturated heterocycles. The van der Waals surface area contributed by atoms with Crippen LogP contribution in [-0.2, 0) is 39.3 Å². The molecule has 0 saturated carbocycles. The zero-order chi connectivity index (χ0) is 34.5. The van der Waals surface area contributed by atoms with Crippen molar-refractivity contribution in [3.05, 3.63) is 101 Å². The number of aliphatic hydroxyl groups is 1. The Morgan fingerprint density at radius 2 is 1.76 bits per heavy atom. The van der Waals surface area contributed by atoms with Gasteiger partial charge in [0.2, 0.25) is 5.91 Å². The lowest BCUT2D eigenvalue weighted by atomic mass is 9.99. The first-order chi connectivity index (χ1) is 23.6. The van der Waals surface area contributed by atoms with Crippen LogP contribution in [0, 0.1) is 0 Å². The highest BCUT2D eigenvalue weighted by molar-refractivity contribution is 7.99. The van der Waals surface area contributed by atoms with Crippen LogP contribution in [0.3, 0.4) is 0 Å². The summed E-state index contributed by atoms with van der Waals surface area (Å²) >= 11 is 1.56. The van der Waals surface area contributed by atoms with Crippen molar-refractivity contribution in [1.29, 1.82) is 0 Å². The third-order valence-electron chi connectivity index (χ3n) is 8.65. The fourth-order valence-corrected chi connectivity index (χ4v) is 6.94. The van der Waals surface area contributed by atoms with E-state index in [0.717, 1.165) is 38.5 Å². The molecule has 2 aliphatic rings. The van der Waals surface area contributed by atoms with E-state index in [1.807, 2.05) is 84.4 Å². The number of hydrogen-bond acceptors (Lipinski definition) is 8. The van der Waals surface area contributed by atoms with Gasteiger partial charge in [0.25, 0.3) is 0 Å². The highest BCUT2D eigenvalue weighted by Crippen LogP contribution is 2.40. The van der Waals surface area contributed by atoms with Gasteiger partial charge in [-0.2, -0.15) is 13.2 Å². The highest BCUT2D eigenvalue weighted by Gasteiger charge is 2.47. The number of carbonyl (C=O) groups is 2. The quantitative estimate of drug-likeness (QED) is 0.210. The maximum atomic E-state index is 13.0. The molecular formula is C35H36F3N5O5S. The molecule has 10 nitrogen and oxygen atoms in total. The summed E-state index contributed by atoms with van der Waals surface area (Å²) in [5.41, 5.74) is 5.22. The van der Waals surface area contributed by atoms with Crippen molar-refractivity contribution in [3.8, 4) is 11.1 Å². The Kier molecular flexibility index (Phi) is 10.7. The smallest absolute Gasteiger partial charge is 0.392 e. The molecule has 0 spiro atoms. The third-order valence-corrected chi connectivity index (χ3v) is 9.82. The van der Waals surface area contributed by atoms with E-state index in [0.29, 0.717) is 23.5 Å². The van der Waals surface area contributed by atoms with Crippen molar-refractivity contribution < 1.29 is 37.3 Å². The average Bonchev–Trinajstić information content (AvgIpc) is 3.78. The summed E-state index contributed by atoms with van der Waals surface area (Å²) in [6, 6.07) is 21.9. The normalized spacial score (nSPS) is 21.1. The number of aliphatic hydroxyl groups excluding tert-OH is 1. The predicted octanol–water partition coefficient (Wildman–Crippen LogP) is 5.48. The number of hydrogen-bond donors (Lipinski definition) is 2. The molecule has 3 aromatic carbocycles. The second-order valence-electron chi connectivity index (χ2n) is 12.1. The molecule has 4 atom stereocenters. The Morgan fingerprint density at radius 1 is 1.00 bits per heavy atom. The van der Waals surface area contributed by atoms with Gasteiger partial charge in [-0.15, -0.1) is 10.2 Å². The standard InChI is InChI=1S/C35H36F3N5O5S/c1-42-21-40-41-34(42)49-20-28-17-30(25-9-7-22(19-44)8-10-25)48-32(47-28)26-13-11-24(12-14-26)27-5-2-4-23(16-27)18-39-31(45)29-6-3-15-43(29)33(46)35(36,37)38/h2,4-5,7-14,16,21,28-30,32,44H,3,6,15,17-20H2,1H3,(H,39,45)/t28-,29+,30+,32+/m1/s1. The van der Waals surface area contributed by atoms with Crippen LogP contribution in [0.5, 0.6) is 0 Å². The van der Waals surface area contributed by atoms with Gasteiger partial charge in [0.05, 0.1) is 18.8 Å². The van der Waals surface area contributed by atoms with E-state index in [1.54, 1.807) is 18.1 Å². The molecule has 6 rings (SSSR count). The molecule has 0 unspecified atom stereocenters. The van der Waals surface area contributed by atoms with Crippen LogP contribution in [0.25, 0.3) is 11.1 Å². The number of carbonyl (C=O) groups excluding carboxylic acids is 2. The zero-order valence-electron chi connectivity index (χ0n) is 26.7. The summed E-state index contributed by atoms with van der Waals surface area (Å²) in [7, 11) is 1.89. The molecule has 1 aromatic heterocycles. The van der Waals surface area contributed by atoms with Crippen LogP contribution < -0.4 is 5.32 Å². The lowest BCUT2D eigenvalue weighted by Crippen LogP contribution is -2.50. The Labute approximate surface area is 285 Å². The lowest BCUT2D eigenvalue weighted by molar-refractivity contribution is -0.245. The number of amides is 2. The summed E-state index contributed by atoms with van der Waals surface area (Å²) in [6.45, 7) is -0.0295. The molecular weight excluding hydrogens is 659 g/mol. The summed E-state index contributed by atoms with van der Waals surface area (Å²) in [5, 5.41) is 21.1. The molecule has 0 aliphatic carbocycles. The van der Waals surface area contributed by atoms with E-state index in [2.05, 4.69) is 15.5 Å². The van der Waals surface area contributed by atoms with E-state index >= 15 is 0 Å². The molecule has 2 fully saturated rings. The molecule has 2 amide bonds. The Bertz CT molecular complexity index is 1750. The number of likely N-dealkylation sites (tertiary alicyclic amines) is 1. The van der Waals surface area contributed by atoms with Gasteiger partial charge in [0, 0.05) is 37.9 Å². The van der Waals surface area contributed by atoms with Gasteiger partial charge in [0.1, 0.15) is 12.4 Å². The number of aryl methyl sites for hydroxylation is 1. The zero-order valence-corrected chi connectivity index (χ0v) is 27.5. The molecule has 258 valence electrons. The third kappa shape index (κ3) is 8.32. The molecule has 2 aliphatic heterocycles. The van der Waals surface area contributed by atoms with Gasteiger partial charge in [-0.05, 0) is 46.7 Å². The van der Waals surface area contributed by atoms with E-state index < -0.39 is 30.3 Å². The van der Waals surface area contributed by atoms with Gasteiger partial charge in [-0.25, -0.2) is 0 Å². The van der Waals surface area contributed by atoms with Crippen molar-refractivity contribution in [1.82, 2.24) is 25.0 Å². The summed E-state index contributed by atoms with van der Waals surface area (Å²) < 4.78 is 53.8. The molecule has 3 heterocycles. The molecule has 0 bridgehead atoms. The maximum absolute atomic E-state index is 13.0. The minimum absolute atomic E-state index is 0.0366. The van der Waals surface area contributed by atoms with Crippen molar-refractivity contribution in [2.75, 3.05) is 12.3 Å². The molecule has 49 heavy (non-hydrogen) atoms. The Balaban J connectivity index is 1.12. The van der Waals surface area contributed by atoms with Crippen LogP contribution in [0.4, 0.5) is 13.2 Å².